The molecule has 3 atom stereocenters. The number of carboxylic acid groups (broad SMARTS) is 1. The van der Waals surface area contributed by atoms with Crippen LogP contribution >= 0.6 is 0 Å². The van der Waals surface area contributed by atoms with E-state index in [4.69, 9.17) is 14.2 Å². The first-order chi connectivity index (χ1) is 18.6. The van der Waals surface area contributed by atoms with Gasteiger partial charge in [0.05, 0.1) is 25.3 Å². The number of benzene rings is 2. The maximum Gasteiger partial charge on any atom is 0.307 e. The predicted octanol–water partition coefficient (Wildman–Crippen LogP) is 6.89. The Labute approximate surface area is 229 Å². The molecule has 2 aliphatic carbocycles. The van der Waals surface area contributed by atoms with Crippen LogP contribution < -0.4 is 9.47 Å². The van der Waals surface area contributed by atoms with Crippen molar-refractivity contribution in [3.05, 3.63) is 76.7 Å². The molecule has 1 spiro atoms. The number of carboxylic acids is 1. The molecule has 0 amide bonds. The summed E-state index contributed by atoms with van der Waals surface area (Å²) in [7, 11) is 3.17. The molecule has 1 fully saturated rings. The maximum absolute atomic E-state index is 15.0. The van der Waals surface area contributed by atoms with E-state index < -0.39 is 11.8 Å². The van der Waals surface area contributed by atoms with Gasteiger partial charge in [-0.2, -0.15) is 0 Å². The minimum atomic E-state index is -0.711. The number of pyridine rings is 1. The van der Waals surface area contributed by atoms with Gasteiger partial charge in [-0.3, -0.25) is 4.79 Å². The molecule has 5 rings (SSSR count). The summed E-state index contributed by atoms with van der Waals surface area (Å²) in [5.41, 5.74) is 4.73. The van der Waals surface area contributed by atoms with Crippen molar-refractivity contribution in [2.75, 3.05) is 14.2 Å². The number of hydrogen-bond donors (Lipinski definition) is 1. The molecule has 7 heteroatoms. The van der Waals surface area contributed by atoms with E-state index in [1.165, 1.54) is 18.9 Å². The lowest BCUT2D eigenvalue weighted by Crippen LogP contribution is -2.21. The summed E-state index contributed by atoms with van der Waals surface area (Å²) in [5, 5.41) is 9.64. The van der Waals surface area contributed by atoms with Gasteiger partial charge < -0.3 is 19.3 Å². The minimum Gasteiger partial charge on any atom is -0.489 e. The van der Waals surface area contributed by atoms with Gasteiger partial charge in [0.1, 0.15) is 18.2 Å². The molecule has 3 aromatic rings. The van der Waals surface area contributed by atoms with Gasteiger partial charge in [-0.25, -0.2) is 9.37 Å². The van der Waals surface area contributed by atoms with Gasteiger partial charge in [0, 0.05) is 24.2 Å². The van der Waals surface area contributed by atoms with Gasteiger partial charge in [-0.1, -0.05) is 39.0 Å². The Morgan fingerprint density at radius 1 is 1.15 bits per heavy atom. The highest BCUT2D eigenvalue weighted by Crippen LogP contribution is 2.60. The highest BCUT2D eigenvalue weighted by Gasteiger charge is 2.60. The summed E-state index contributed by atoms with van der Waals surface area (Å²) in [6, 6.07) is 13.5. The molecule has 1 N–H and O–H groups in total. The zero-order valence-corrected chi connectivity index (χ0v) is 23.2. The fraction of sp³-hybridized carbons (Fsp3) is 0.438. The van der Waals surface area contributed by atoms with Crippen LogP contribution in [-0.2, 0) is 28.0 Å². The number of fused-ring (bicyclic) bond motifs is 2. The standard InChI is InChI=1S/C32H36FNO5/c1-31(2,3)29(38-5)24-13-19(8-11-22(24)23-15-28(37-4)34-17-27(23)33)18-39-21-10-9-20-7-6-12-32(25(20)14-21)16-26(32)30(35)36/h8-11,13-15,17,26,29H,6-7,12,16,18H2,1-5H3,(H,35,36)/t26-,29-,32-/m0/s1. The van der Waals surface area contributed by atoms with Crippen LogP contribution in [-0.4, -0.2) is 30.3 Å². The van der Waals surface area contributed by atoms with Gasteiger partial charge in [0.15, 0.2) is 0 Å². The second-order valence-electron chi connectivity index (χ2n) is 11.8. The summed E-state index contributed by atoms with van der Waals surface area (Å²) >= 11 is 0. The lowest BCUT2D eigenvalue weighted by atomic mass is 9.78. The molecular weight excluding hydrogens is 497 g/mol. The van der Waals surface area contributed by atoms with E-state index in [1.807, 2.05) is 30.3 Å². The second-order valence-corrected chi connectivity index (χ2v) is 11.8. The molecule has 0 unspecified atom stereocenters. The molecule has 0 bridgehead atoms. The number of methoxy groups -OCH3 is 2. The van der Waals surface area contributed by atoms with Gasteiger partial charge in [0.25, 0.3) is 0 Å². The third-order valence-corrected chi connectivity index (χ3v) is 8.22. The van der Waals surface area contributed by atoms with Crippen molar-refractivity contribution in [3.63, 3.8) is 0 Å². The average Bonchev–Trinajstić information content (AvgIpc) is 3.63. The van der Waals surface area contributed by atoms with E-state index in [0.29, 0.717) is 30.0 Å². The van der Waals surface area contributed by atoms with Crippen molar-refractivity contribution >= 4 is 5.97 Å². The highest BCUT2D eigenvalue weighted by atomic mass is 19.1. The number of hydrogen-bond acceptors (Lipinski definition) is 5. The van der Waals surface area contributed by atoms with Gasteiger partial charge >= 0.3 is 5.97 Å². The summed E-state index contributed by atoms with van der Waals surface area (Å²) in [5.74, 6) is -0.400. The Balaban J connectivity index is 1.46. The smallest absolute Gasteiger partial charge is 0.307 e. The molecule has 206 valence electrons. The number of nitrogens with zero attached hydrogens (tertiary/aromatic N) is 1. The quantitative estimate of drug-likeness (QED) is 0.340. The van der Waals surface area contributed by atoms with Gasteiger partial charge in [-0.05, 0) is 77.1 Å². The molecule has 6 nitrogen and oxygen atoms in total. The number of aliphatic carboxylic acids is 1. The van der Waals surface area contributed by atoms with E-state index in [1.54, 1.807) is 13.2 Å². The maximum atomic E-state index is 15.0. The van der Waals surface area contributed by atoms with Crippen LogP contribution in [0.25, 0.3) is 11.1 Å². The van der Waals surface area contributed by atoms with E-state index in [-0.39, 0.29) is 22.9 Å². The minimum absolute atomic E-state index is 0.248. The first-order valence-electron chi connectivity index (χ1n) is 13.4. The van der Waals surface area contributed by atoms with E-state index >= 15 is 0 Å². The van der Waals surface area contributed by atoms with Crippen molar-refractivity contribution in [1.29, 1.82) is 0 Å². The molecular formula is C32H36FNO5. The first kappa shape index (κ1) is 27.1. The van der Waals surface area contributed by atoms with Gasteiger partial charge in [0.2, 0.25) is 5.88 Å². The van der Waals surface area contributed by atoms with Crippen molar-refractivity contribution in [2.24, 2.45) is 11.3 Å². The third kappa shape index (κ3) is 5.12. The molecule has 0 aliphatic heterocycles. The van der Waals surface area contributed by atoms with Crippen LogP contribution in [0.5, 0.6) is 11.6 Å². The lowest BCUT2D eigenvalue weighted by molar-refractivity contribution is -0.139. The number of ether oxygens (including phenoxy) is 3. The molecule has 2 aromatic carbocycles. The molecule has 0 radical (unpaired) electrons. The monoisotopic (exact) mass is 533 g/mol. The Bertz CT molecular complexity index is 1400. The normalized spacial score (nSPS) is 20.8. The van der Waals surface area contributed by atoms with Gasteiger partial charge in [-0.15, -0.1) is 0 Å². The predicted molar refractivity (Wildman–Crippen MR) is 147 cm³/mol. The highest BCUT2D eigenvalue weighted by molar-refractivity contribution is 5.78. The number of aromatic nitrogens is 1. The summed E-state index contributed by atoms with van der Waals surface area (Å²) in [6.07, 6.45) is 4.46. The summed E-state index contributed by atoms with van der Waals surface area (Å²) in [4.78, 5) is 15.7. The van der Waals surface area contributed by atoms with Crippen LogP contribution in [0.1, 0.15) is 68.4 Å². The van der Waals surface area contributed by atoms with Crippen LogP contribution in [0.15, 0.2) is 48.7 Å². The zero-order valence-electron chi connectivity index (χ0n) is 23.2. The van der Waals surface area contributed by atoms with E-state index in [9.17, 15) is 14.3 Å². The molecule has 2 aliphatic rings. The van der Waals surface area contributed by atoms with Crippen LogP contribution in [0, 0.1) is 17.2 Å². The summed E-state index contributed by atoms with van der Waals surface area (Å²) in [6.45, 7) is 6.57. The topological polar surface area (TPSA) is 77.9 Å². The zero-order chi connectivity index (χ0) is 27.9. The number of rotatable bonds is 8. The van der Waals surface area contributed by atoms with Crippen molar-refractivity contribution in [2.45, 2.75) is 64.6 Å². The first-order valence-corrected chi connectivity index (χ1v) is 13.4. The van der Waals surface area contributed by atoms with Crippen molar-refractivity contribution < 1.29 is 28.5 Å². The fourth-order valence-electron chi connectivity index (χ4n) is 6.27. The molecule has 1 aromatic heterocycles. The van der Waals surface area contributed by atoms with E-state index in [0.717, 1.165) is 41.7 Å². The Kier molecular flexibility index (Phi) is 7.14. The van der Waals surface area contributed by atoms with Crippen molar-refractivity contribution in [1.82, 2.24) is 4.98 Å². The molecule has 39 heavy (non-hydrogen) atoms. The Morgan fingerprint density at radius 3 is 2.62 bits per heavy atom. The van der Waals surface area contributed by atoms with E-state index in [2.05, 4.69) is 31.8 Å². The average molecular weight is 534 g/mol. The lowest BCUT2D eigenvalue weighted by Gasteiger charge is -2.32. The number of aryl methyl sites for hydroxylation is 1. The van der Waals surface area contributed by atoms with Crippen LogP contribution in [0.3, 0.4) is 0 Å². The van der Waals surface area contributed by atoms with Crippen LogP contribution in [0.4, 0.5) is 4.39 Å². The summed E-state index contributed by atoms with van der Waals surface area (Å²) < 4.78 is 32.4. The van der Waals surface area contributed by atoms with Crippen molar-refractivity contribution in [3.8, 4) is 22.8 Å². The fourth-order valence-corrected chi connectivity index (χ4v) is 6.27. The van der Waals surface area contributed by atoms with Crippen LogP contribution in [0.2, 0.25) is 0 Å². The Morgan fingerprint density at radius 2 is 1.95 bits per heavy atom. The number of carbonyl (C=O) groups is 1. The second kappa shape index (κ2) is 10.3. The SMILES string of the molecule is COc1cc(-c2ccc(COc3ccc4c(c3)[C@]3(CCC4)C[C@H]3C(=O)O)cc2[C@H](OC)C(C)(C)C)c(F)cn1. The molecule has 1 heterocycles. The Hall–Kier alpha value is -3.45. The molecule has 0 saturated heterocycles. The molecule has 1 saturated carbocycles. The number of halogens is 1. The third-order valence-electron chi connectivity index (χ3n) is 8.22. The largest absolute Gasteiger partial charge is 0.489 e.